The second kappa shape index (κ2) is 5.33. The van der Waals surface area contributed by atoms with Crippen LogP contribution in [0.25, 0.3) is 0 Å². The standard InChI is InChI=1S/C14H19NO3S/c1-8(2)10-5-13(16)15(6-10)7-11-4-12(14(17)18)19-9(11)3/h4,8,10H,5-7H2,1-3H3,(H,17,18). The zero-order valence-electron chi connectivity index (χ0n) is 11.5. The molecule has 1 aliphatic rings. The van der Waals surface area contributed by atoms with E-state index in [0.717, 1.165) is 17.0 Å². The molecule has 0 radical (unpaired) electrons. The monoisotopic (exact) mass is 281 g/mol. The number of hydrogen-bond acceptors (Lipinski definition) is 3. The van der Waals surface area contributed by atoms with Crippen LogP contribution in [0, 0.1) is 18.8 Å². The minimum Gasteiger partial charge on any atom is -0.477 e. The van der Waals surface area contributed by atoms with E-state index in [9.17, 15) is 9.59 Å². The number of rotatable bonds is 4. The van der Waals surface area contributed by atoms with Crippen LogP contribution in [0.5, 0.6) is 0 Å². The van der Waals surface area contributed by atoms with E-state index in [-0.39, 0.29) is 5.91 Å². The first-order valence-electron chi connectivity index (χ1n) is 6.49. The number of thiophene rings is 1. The van der Waals surface area contributed by atoms with Gasteiger partial charge in [-0.2, -0.15) is 0 Å². The number of carbonyl (C=O) groups is 2. The topological polar surface area (TPSA) is 57.6 Å². The minimum absolute atomic E-state index is 0.182. The Kier molecular flexibility index (Phi) is 3.94. The Hall–Kier alpha value is -1.36. The van der Waals surface area contributed by atoms with Crippen LogP contribution in [0.1, 0.15) is 40.4 Å². The number of carboxylic acid groups (broad SMARTS) is 1. The summed E-state index contributed by atoms with van der Waals surface area (Å²) in [6, 6.07) is 1.69. The van der Waals surface area contributed by atoms with Gasteiger partial charge in [-0.1, -0.05) is 13.8 Å². The Morgan fingerprint density at radius 2 is 2.26 bits per heavy atom. The molecule has 104 valence electrons. The lowest BCUT2D eigenvalue weighted by molar-refractivity contribution is -0.128. The Balaban J connectivity index is 2.09. The molecule has 2 rings (SSSR count). The van der Waals surface area contributed by atoms with Crippen molar-refractivity contribution in [2.45, 2.75) is 33.7 Å². The maximum absolute atomic E-state index is 12.0. The molecule has 1 aromatic heterocycles. The van der Waals surface area contributed by atoms with Crippen molar-refractivity contribution >= 4 is 23.2 Å². The number of hydrogen-bond donors (Lipinski definition) is 1. The molecule has 0 aliphatic carbocycles. The van der Waals surface area contributed by atoms with E-state index in [1.165, 1.54) is 11.3 Å². The largest absolute Gasteiger partial charge is 0.477 e. The average molecular weight is 281 g/mol. The van der Waals surface area contributed by atoms with Gasteiger partial charge in [0.15, 0.2) is 0 Å². The Morgan fingerprint density at radius 3 is 2.74 bits per heavy atom. The molecule has 1 N–H and O–H groups in total. The Morgan fingerprint density at radius 1 is 1.58 bits per heavy atom. The van der Waals surface area contributed by atoms with Crippen LogP contribution in [-0.2, 0) is 11.3 Å². The zero-order valence-corrected chi connectivity index (χ0v) is 12.3. The van der Waals surface area contributed by atoms with Gasteiger partial charge in [-0.05, 0) is 30.4 Å². The SMILES string of the molecule is Cc1sc(C(=O)O)cc1CN1CC(C(C)C)CC1=O. The highest BCUT2D eigenvalue weighted by Crippen LogP contribution is 2.29. The van der Waals surface area contributed by atoms with E-state index < -0.39 is 5.97 Å². The van der Waals surface area contributed by atoms with Gasteiger partial charge in [0.2, 0.25) is 5.91 Å². The lowest BCUT2D eigenvalue weighted by atomic mass is 9.95. The number of aromatic carboxylic acids is 1. The zero-order chi connectivity index (χ0) is 14.2. The van der Waals surface area contributed by atoms with Crippen LogP contribution in [0.4, 0.5) is 0 Å². The molecular weight excluding hydrogens is 262 g/mol. The van der Waals surface area contributed by atoms with Crippen molar-refractivity contribution in [1.29, 1.82) is 0 Å². The number of nitrogens with zero attached hydrogens (tertiary/aromatic N) is 1. The van der Waals surface area contributed by atoms with Gasteiger partial charge in [-0.25, -0.2) is 4.79 Å². The molecule has 1 aliphatic heterocycles. The first kappa shape index (κ1) is 14.1. The highest BCUT2D eigenvalue weighted by molar-refractivity contribution is 7.14. The minimum atomic E-state index is -0.896. The average Bonchev–Trinajstić information content (AvgIpc) is 2.85. The lowest BCUT2D eigenvalue weighted by Gasteiger charge is -2.18. The van der Waals surface area contributed by atoms with Crippen LogP contribution in [-0.4, -0.2) is 28.4 Å². The summed E-state index contributed by atoms with van der Waals surface area (Å²) in [6.45, 7) is 7.51. The van der Waals surface area contributed by atoms with Gasteiger partial charge in [-0.15, -0.1) is 11.3 Å². The summed E-state index contributed by atoms with van der Waals surface area (Å²) in [4.78, 5) is 26.1. The summed E-state index contributed by atoms with van der Waals surface area (Å²) in [6.07, 6.45) is 0.618. The van der Waals surface area contributed by atoms with Crippen molar-refractivity contribution in [2.24, 2.45) is 11.8 Å². The highest BCUT2D eigenvalue weighted by atomic mass is 32.1. The van der Waals surface area contributed by atoms with E-state index in [4.69, 9.17) is 5.11 Å². The number of amides is 1. The predicted molar refractivity (Wildman–Crippen MR) is 74.4 cm³/mol. The molecule has 0 aromatic carbocycles. The van der Waals surface area contributed by atoms with E-state index in [1.54, 1.807) is 6.07 Å². The van der Waals surface area contributed by atoms with E-state index in [0.29, 0.717) is 29.7 Å². The molecule has 1 aromatic rings. The fourth-order valence-corrected chi connectivity index (χ4v) is 3.26. The molecule has 2 heterocycles. The number of likely N-dealkylation sites (tertiary alicyclic amines) is 1. The summed E-state index contributed by atoms with van der Waals surface area (Å²) in [5, 5.41) is 8.98. The van der Waals surface area contributed by atoms with E-state index >= 15 is 0 Å². The summed E-state index contributed by atoms with van der Waals surface area (Å²) in [7, 11) is 0. The summed E-state index contributed by atoms with van der Waals surface area (Å²) in [5.74, 6) is 0.214. The molecular formula is C14H19NO3S. The van der Waals surface area contributed by atoms with Crippen molar-refractivity contribution in [1.82, 2.24) is 4.90 Å². The third kappa shape index (κ3) is 2.97. The van der Waals surface area contributed by atoms with Crippen molar-refractivity contribution in [3.63, 3.8) is 0 Å². The highest BCUT2D eigenvalue weighted by Gasteiger charge is 2.31. The van der Waals surface area contributed by atoms with E-state index in [2.05, 4.69) is 13.8 Å². The first-order valence-corrected chi connectivity index (χ1v) is 7.30. The summed E-state index contributed by atoms with van der Waals surface area (Å²) in [5.41, 5.74) is 0.958. The molecule has 4 nitrogen and oxygen atoms in total. The van der Waals surface area contributed by atoms with Crippen molar-refractivity contribution in [2.75, 3.05) is 6.54 Å². The van der Waals surface area contributed by atoms with Gasteiger partial charge in [0, 0.05) is 24.4 Å². The fraction of sp³-hybridized carbons (Fsp3) is 0.571. The summed E-state index contributed by atoms with van der Waals surface area (Å²) < 4.78 is 0. The van der Waals surface area contributed by atoms with Crippen LogP contribution >= 0.6 is 11.3 Å². The fourth-order valence-electron chi connectivity index (χ4n) is 2.39. The second-order valence-electron chi connectivity index (χ2n) is 5.48. The third-order valence-electron chi connectivity index (χ3n) is 3.78. The van der Waals surface area contributed by atoms with Gasteiger partial charge in [0.1, 0.15) is 4.88 Å². The number of carbonyl (C=O) groups excluding carboxylic acids is 1. The third-order valence-corrected chi connectivity index (χ3v) is 4.86. The van der Waals surface area contributed by atoms with Crippen LogP contribution < -0.4 is 0 Å². The normalized spacial score (nSPS) is 19.5. The van der Waals surface area contributed by atoms with Gasteiger partial charge < -0.3 is 10.0 Å². The molecule has 1 amide bonds. The number of carboxylic acids is 1. The van der Waals surface area contributed by atoms with Crippen molar-refractivity contribution in [3.05, 3.63) is 21.4 Å². The molecule has 1 saturated heterocycles. The smallest absolute Gasteiger partial charge is 0.345 e. The van der Waals surface area contributed by atoms with Crippen LogP contribution in [0.2, 0.25) is 0 Å². The van der Waals surface area contributed by atoms with Gasteiger partial charge in [-0.3, -0.25) is 4.79 Å². The second-order valence-corrected chi connectivity index (χ2v) is 6.74. The van der Waals surface area contributed by atoms with Crippen molar-refractivity contribution in [3.8, 4) is 0 Å². The molecule has 0 saturated carbocycles. The first-order chi connectivity index (χ1) is 8.88. The predicted octanol–water partition coefficient (Wildman–Crippen LogP) is 2.76. The molecule has 19 heavy (non-hydrogen) atoms. The van der Waals surface area contributed by atoms with Gasteiger partial charge in [0.05, 0.1) is 0 Å². The molecule has 1 atom stereocenters. The van der Waals surface area contributed by atoms with Gasteiger partial charge in [0.25, 0.3) is 0 Å². The molecule has 1 fully saturated rings. The van der Waals surface area contributed by atoms with Crippen molar-refractivity contribution < 1.29 is 14.7 Å². The quantitative estimate of drug-likeness (QED) is 0.923. The Bertz CT molecular complexity index is 507. The summed E-state index contributed by atoms with van der Waals surface area (Å²) >= 11 is 1.28. The van der Waals surface area contributed by atoms with Crippen LogP contribution in [0.3, 0.4) is 0 Å². The van der Waals surface area contributed by atoms with E-state index in [1.807, 2.05) is 11.8 Å². The van der Waals surface area contributed by atoms with Crippen LogP contribution in [0.15, 0.2) is 6.07 Å². The maximum atomic E-state index is 12.0. The lowest BCUT2D eigenvalue weighted by Crippen LogP contribution is -2.25. The molecule has 0 bridgehead atoms. The van der Waals surface area contributed by atoms with Gasteiger partial charge >= 0.3 is 5.97 Å². The molecule has 1 unspecified atom stereocenters. The maximum Gasteiger partial charge on any atom is 0.345 e. The molecule has 5 heteroatoms. The Labute approximate surface area is 117 Å². The number of aryl methyl sites for hydroxylation is 1. The molecule has 0 spiro atoms.